The summed E-state index contributed by atoms with van der Waals surface area (Å²) < 4.78 is 55.0. The topological polar surface area (TPSA) is 65.0 Å². The fourth-order valence-electron chi connectivity index (χ4n) is 3.19. The molecule has 5 nitrogen and oxygen atoms in total. The number of halogens is 3. The van der Waals surface area contributed by atoms with E-state index in [1.807, 2.05) is 0 Å². The third kappa shape index (κ3) is 5.64. The number of hydrogen-bond donors (Lipinski definition) is 1. The van der Waals surface area contributed by atoms with Crippen molar-refractivity contribution in [3.63, 3.8) is 0 Å². The van der Waals surface area contributed by atoms with Gasteiger partial charge in [0.2, 0.25) is 5.79 Å². The summed E-state index contributed by atoms with van der Waals surface area (Å²) in [6.45, 7) is 0. The van der Waals surface area contributed by atoms with E-state index in [2.05, 4.69) is 4.74 Å². The van der Waals surface area contributed by atoms with Crippen molar-refractivity contribution in [1.29, 1.82) is 0 Å². The minimum absolute atomic E-state index is 0.00573. The molecule has 1 atom stereocenters. The van der Waals surface area contributed by atoms with Gasteiger partial charge in [0.25, 0.3) is 0 Å². The summed E-state index contributed by atoms with van der Waals surface area (Å²) in [6.07, 6.45) is -1.20. The number of ether oxygens (including phenoxy) is 3. The average Bonchev–Trinajstić information content (AvgIpc) is 2.66. The zero-order valence-corrected chi connectivity index (χ0v) is 16.0. The molecule has 158 valence electrons. The molecule has 0 bridgehead atoms. The van der Waals surface area contributed by atoms with Crippen molar-refractivity contribution in [2.45, 2.75) is 25.0 Å². The minimum atomic E-state index is -4.97. The molecule has 0 aromatic heterocycles. The second-order valence-electron chi connectivity index (χ2n) is 6.64. The molecule has 30 heavy (non-hydrogen) atoms. The number of aliphatic carboxylic acids is 1. The molecular weight excluding hydrogens is 401 g/mol. The van der Waals surface area contributed by atoms with Crippen molar-refractivity contribution in [3.05, 3.63) is 77.9 Å². The summed E-state index contributed by atoms with van der Waals surface area (Å²) >= 11 is 0. The lowest BCUT2D eigenvalue weighted by atomic mass is 9.93. The summed E-state index contributed by atoms with van der Waals surface area (Å²) in [5, 5.41) is 9.03. The number of methoxy groups -OCH3 is 1. The van der Waals surface area contributed by atoms with Gasteiger partial charge in [-0.1, -0.05) is 42.5 Å². The van der Waals surface area contributed by atoms with E-state index in [4.69, 9.17) is 14.6 Å². The van der Waals surface area contributed by atoms with Gasteiger partial charge in [-0.3, -0.25) is 4.79 Å². The molecule has 0 amide bonds. The molecule has 0 fully saturated rings. The van der Waals surface area contributed by atoms with E-state index >= 15 is 0 Å². The number of carbonyl (C=O) groups is 1. The van der Waals surface area contributed by atoms with Gasteiger partial charge in [0.1, 0.15) is 11.5 Å². The highest BCUT2D eigenvalue weighted by Crippen LogP contribution is 2.39. The van der Waals surface area contributed by atoms with E-state index in [0.717, 1.165) is 5.56 Å². The summed E-state index contributed by atoms with van der Waals surface area (Å²) in [5.41, 5.74) is 1.64. The van der Waals surface area contributed by atoms with Crippen molar-refractivity contribution in [3.8, 4) is 11.5 Å². The molecule has 2 aromatic carbocycles. The van der Waals surface area contributed by atoms with Crippen LogP contribution in [0.5, 0.6) is 11.5 Å². The van der Waals surface area contributed by atoms with Gasteiger partial charge in [0.15, 0.2) is 0 Å². The second-order valence-corrected chi connectivity index (χ2v) is 6.64. The molecule has 1 aliphatic carbocycles. The number of hydrogen-bond acceptors (Lipinski definition) is 4. The number of benzene rings is 2. The predicted molar refractivity (Wildman–Crippen MR) is 103 cm³/mol. The van der Waals surface area contributed by atoms with Crippen LogP contribution in [-0.4, -0.2) is 30.3 Å². The number of carboxylic acids is 1. The molecule has 0 saturated carbocycles. The Morgan fingerprint density at radius 1 is 1.13 bits per heavy atom. The SMILES string of the molecule is COc1cc(CC(=O)O)cc(OC2(OC(F)(F)F)C=CC=C(c3ccccc3)C2)c1. The summed E-state index contributed by atoms with van der Waals surface area (Å²) in [7, 11) is 1.36. The fraction of sp³-hybridized carbons (Fsp3) is 0.227. The standard InChI is InChI=1S/C22H19F3O5/c1-28-18-10-15(12-20(26)27)11-19(13-18)29-21(30-22(23,24)25)9-5-8-17(14-21)16-6-3-2-4-7-16/h2-11,13H,12,14H2,1H3,(H,26,27). The van der Waals surface area contributed by atoms with Crippen LogP contribution in [0.15, 0.2) is 66.8 Å². The van der Waals surface area contributed by atoms with Gasteiger partial charge in [-0.25, -0.2) is 4.74 Å². The largest absolute Gasteiger partial charge is 0.526 e. The molecule has 0 spiro atoms. The Balaban J connectivity index is 1.97. The monoisotopic (exact) mass is 420 g/mol. The van der Waals surface area contributed by atoms with Gasteiger partial charge in [0.05, 0.1) is 13.5 Å². The normalized spacial score (nSPS) is 18.6. The number of allylic oxidation sites excluding steroid dienone is 2. The van der Waals surface area contributed by atoms with Crippen molar-refractivity contribution >= 4 is 11.5 Å². The van der Waals surface area contributed by atoms with Crippen LogP contribution < -0.4 is 9.47 Å². The van der Waals surface area contributed by atoms with E-state index in [0.29, 0.717) is 11.1 Å². The maximum absolute atomic E-state index is 13.3. The third-order valence-corrected chi connectivity index (χ3v) is 4.34. The van der Waals surface area contributed by atoms with Gasteiger partial charge in [-0.15, -0.1) is 13.2 Å². The maximum Gasteiger partial charge on any atom is 0.526 e. The molecule has 8 heteroatoms. The summed E-state index contributed by atoms with van der Waals surface area (Å²) in [6, 6.07) is 13.1. The molecule has 0 aliphatic heterocycles. The third-order valence-electron chi connectivity index (χ3n) is 4.34. The first-order valence-corrected chi connectivity index (χ1v) is 8.97. The minimum Gasteiger partial charge on any atom is -0.497 e. The zero-order valence-electron chi connectivity index (χ0n) is 16.0. The number of rotatable bonds is 7. The Morgan fingerprint density at radius 3 is 2.47 bits per heavy atom. The highest BCUT2D eigenvalue weighted by atomic mass is 19.4. The number of carboxylic acid groups (broad SMARTS) is 1. The van der Waals surface area contributed by atoms with E-state index in [1.54, 1.807) is 36.4 Å². The fourth-order valence-corrected chi connectivity index (χ4v) is 3.19. The lowest BCUT2D eigenvalue weighted by molar-refractivity contribution is -0.388. The van der Waals surface area contributed by atoms with Crippen molar-refractivity contribution in [1.82, 2.24) is 0 Å². The van der Waals surface area contributed by atoms with Crippen molar-refractivity contribution in [2.24, 2.45) is 0 Å². The Kier molecular flexibility index (Phi) is 6.17. The predicted octanol–water partition coefficient (Wildman–Crippen LogP) is 4.98. The van der Waals surface area contributed by atoms with Gasteiger partial charge in [-0.05, 0) is 34.9 Å². The van der Waals surface area contributed by atoms with Crippen LogP contribution in [0.3, 0.4) is 0 Å². The van der Waals surface area contributed by atoms with Crippen LogP contribution in [0.2, 0.25) is 0 Å². The Morgan fingerprint density at radius 2 is 1.83 bits per heavy atom. The highest BCUT2D eigenvalue weighted by molar-refractivity contribution is 5.71. The summed E-state index contributed by atoms with van der Waals surface area (Å²) in [5.74, 6) is -3.01. The average molecular weight is 420 g/mol. The molecule has 0 heterocycles. The molecule has 3 rings (SSSR count). The maximum atomic E-state index is 13.3. The lowest BCUT2D eigenvalue weighted by Gasteiger charge is -2.34. The first-order valence-electron chi connectivity index (χ1n) is 8.97. The van der Waals surface area contributed by atoms with Crippen LogP contribution in [-0.2, 0) is 16.0 Å². The van der Waals surface area contributed by atoms with Gasteiger partial charge in [0, 0.05) is 12.5 Å². The zero-order chi connectivity index (χ0) is 21.8. The Labute approximate surface area is 171 Å². The quantitative estimate of drug-likeness (QED) is 0.641. The second kappa shape index (κ2) is 8.62. The van der Waals surface area contributed by atoms with Gasteiger partial charge in [-0.2, -0.15) is 0 Å². The van der Waals surface area contributed by atoms with E-state index in [9.17, 15) is 18.0 Å². The van der Waals surface area contributed by atoms with Crippen LogP contribution in [0.1, 0.15) is 17.5 Å². The summed E-state index contributed by atoms with van der Waals surface area (Å²) in [4.78, 5) is 11.0. The van der Waals surface area contributed by atoms with Crippen LogP contribution >= 0.6 is 0 Å². The molecule has 1 N–H and O–H groups in total. The smallest absolute Gasteiger partial charge is 0.497 e. The molecule has 0 radical (unpaired) electrons. The van der Waals surface area contributed by atoms with Gasteiger partial charge >= 0.3 is 12.3 Å². The van der Waals surface area contributed by atoms with Crippen LogP contribution in [0.25, 0.3) is 5.57 Å². The molecular formula is C22H19F3O5. The van der Waals surface area contributed by atoms with Crippen molar-refractivity contribution in [2.75, 3.05) is 7.11 Å². The molecule has 2 aromatic rings. The highest BCUT2D eigenvalue weighted by Gasteiger charge is 2.45. The Hall–Kier alpha value is -3.26. The van der Waals surface area contributed by atoms with E-state index in [1.165, 1.54) is 37.5 Å². The first-order chi connectivity index (χ1) is 14.2. The first kappa shape index (κ1) is 21.4. The van der Waals surface area contributed by atoms with E-state index in [-0.39, 0.29) is 24.3 Å². The number of alkyl halides is 3. The van der Waals surface area contributed by atoms with Crippen LogP contribution in [0.4, 0.5) is 13.2 Å². The molecule has 1 unspecified atom stereocenters. The van der Waals surface area contributed by atoms with Gasteiger partial charge < -0.3 is 14.6 Å². The lowest BCUT2D eigenvalue weighted by Crippen LogP contribution is -2.43. The Bertz CT molecular complexity index is 966. The van der Waals surface area contributed by atoms with E-state index < -0.39 is 18.1 Å². The van der Waals surface area contributed by atoms with Crippen molar-refractivity contribution < 1.29 is 37.3 Å². The van der Waals surface area contributed by atoms with Crippen LogP contribution in [0, 0.1) is 0 Å². The molecule has 1 aliphatic rings. The molecule has 0 saturated heterocycles.